The fourth-order valence-electron chi connectivity index (χ4n) is 9.59. The van der Waals surface area contributed by atoms with E-state index in [0.717, 1.165) is 76.0 Å². The van der Waals surface area contributed by atoms with Gasteiger partial charge in [0.1, 0.15) is 17.3 Å². The number of alkyl halides is 1. The number of methoxy groups -OCH3 is 1. The number of piperidine rings is 1. The quantitative estimate of drug-likeness (QED) is 0.261. The van der Waals surface area contributed by atoms with Crippen LogP contribution in [0.25, 0.3) is 0 Å². The topological polar surface area (TPSA) is 115 Å². The molecule has 302 valence electrons. The second kappa shape index (κ2) is 16.0. The van der Waals surface area contributed by atoms with Gasteiger partial charge in [0.05, 0.1) is 35.7 Å². The summed E-state index contributed by atoms with van der Waals surface area (Å²) in [6.07, 6.45) is 5.95. The lowest BCUT2D eigenvalue weighted by atomic mass is 9.57. The van der Waals surface area contributed by atoms with E-state index in [2.05, 4.69) is 20.1 Å². The molecule has 15 heteroatoms. The molecule has 11 nitrogen and oxygen atoms in total. The maximum absolute atomic E-state index is 16.3. The van der Waals surface area contributed by atoms with E-state index in [1.54, 1.807) is 31.1 Å². The fourth-order valence-corrected chi connectivity index (χ4v) is 10.8. The number of alkyl carbamates (subject to hydrolysis) is 1. The third-order valence-electron chi connectivity index (χ3n) is 12.5. The Morgan fingerprint density at radius 1 is 0.946 bits per heavy atom. The van der Waals surface area contributed by atoms with Gasteiger partial charge in [0, 0.05) is 44.8 Å². The molecule has 3 aliphatic heterocycles. The highest BCUT2D eigenvalue weighted by atomic mass is 32.2. The summed E-state index contributed by atoms with van der Waals surface area (Å²) in [4.78, 5) is 35.7. The van der Waals surface area contributed by atoms with Crippen molar-refractivity contribution in [3.05, 3.63) is 83.7 Å². The van der Waals surface area contributed by atoms with E-state index in [1.807, 2.05) is 6.07 Å². The lowest BCUT2D eigenvalue weighted by Crippen LogP contribution is -2.65. The number of hydrogen-bond donors (Lipinski definition) is 1. The molecule has 3 saturated heterocycles. The summed E-state index contributed by atoms with van der Waals surface area (Å²) in [5.74, 6) is -1.20. The molecule has 2 amide bonds. The highest BCUT2D eigenvalue weighted by molar-refractivity contribution is 7.91. The second-order valence-corrected chi connectivity index (χ2v) is 18.2. The molecule has 1 aliphatic carbocycles. The lowest BCUT2D eigenvalue weighted by molar-refractivity contribution is 0.00575. The molecule has 2 aromatic carbocycles. The number of benzene rings is 2. The van der Waals surface area contributed by atoms with Crippen LogP contribution in [0.3, 0.4) is 0 Å². The zero-order valence-corrected chi connectivity index (χ0v) is 33.0. The van der Waals surface area contributed by atoms with E-state index in [0.29, 0.717) is 13.1 Å². The van der Waals surface area contributed by atoms with Gasteiger partial charge in [-0.15, -0.1) is 0 Å². The number of anilines is 1. The Labute approximate surface area is 327 Å². The zero-order valence-electron chi connectivity index (χ0n) is 32.2. The minimum Gasteiger partial charge on any atom is -0.453 e. The van der Waals surface area contributed by atoms with Crippen molar-refractivity contribution in [2.75, 3.05) is 78.5 Å². The van der Waals surface area contributed by atoms with Gasteiger partial charge in [-0.3, -0.25) is 9.69 Å². The first-order chi connectivity index (χ1) is 26.7. The number of rotatable bonds is 12. The average molecular weight is 797 g/mol. The molecule has 4 fully saturated rings. The molecule has 1 unspecified atom stereocenters. The number of pyridine rings is 1. The van der Waals surface area contributed by atoms with Gasteiger partial charge in [-0.2, -0.15) is 0 Å². The van der Waals surface area contributed by atoms with Gasteiger partial charge in [-0.05, 0) is 118 Å². The number of aromatic nitrogens is 1. The molecule has 3 aromatic rings. The van der Waals surface area contributed by atoms with Crippen molar-refractivity contribution in [2.45, 2.75) is 65.4 Å². The van der Waals surface area contributed by atoms with Crippen molar-refractivity contribution in [3.8, 4) is 0 Å². The molecule has 3 atom stereocenters. The average Bonchev–Trinajstić information content (AvgIpc) is 3.61. The lowest BCUT2D eigenvalue weighted by Gasteiger charge is -2.54. The van der Waals surface area contributed by atoms with Crippen LogP contribution in [0.15, 0.2) is 70.6 Å². The van der Waals surface area contributed by atoms with Crippen molar-refractivity contribution in [3.63, 3.8) is 0 Å². The van der Waals surface area contributed by atoms with Crippen molar-refractivity contribution >= 4 is 27.5 Å². The number of ether oxygens (including phenoxy) is 1. The van der Waals surface area contributed by atoms with E-state index >= 15 is 8.78 Å². The summed E-state index contributed by atoms with van der Waals surface area (Å²) in [5.41, 5.74) is -0.855. The summed E-state index contributed by atoms with van der Waals surface area (Å²) in [7, 11) is 0.361. The van der Waals surface area contributed by atoms with Crippen LogP contribution < -0.4 is 10.2 Å². The molecule has 0 spiro atoms. The standard InChI is InChI=1S/C41H51F3N6O5S/c1-47(2)38(51)36-13-11-32(23-45-36)56(53,54)31-12-14-37(34(43)22-31)50-25-40(44,26-50)24-49-19-15-28(16-20-49)41(27-48-17-6-18-48,29-7-4-8-30(42)21-29)33-9-5-10-35(33)46-39(52)55-3/h4,7-8,11-14,21-23,28,33,35H,5-6,9-10,15-20,24-27H2,1-3H3,(H,46,52)/t33-,35-,41?/m0/s1. The minimum absolute atomic E-state index is 0.0353. The molecule has 7 rings (SSSR count). The van der Waals surface area contributed by atoms with Gasteiger partial charge in [-0.1, -0.05) is 18.6 Å². The molecule has 0 bridgehead atoms. The monoisotopic (exact) mass is 796 g/mol. The van der Waals surface area contributed by atoms with Gasteiger partial charge < -0.3 is 24.8 Å². The Bertz CT molecular complexity index is 2020. The number of likely N-dealkylation sites (tertiary alicyclic amines) is 2. The molecular weight excluding hydrogens is 746 g/mol. The number of amides is 2. The zero-order chi connectivity index (χ0) is 39.8. The first-order valence-corrected chi connectivity index (χ1v) is 20.9. The summed E-state index contributed by atoms with van der Waals surface area (Å²) in [6.45, 7) is 4.12. The molecule has 4 aliphatic rings. The SMILES string of the molecule is COC(=O)N[C@H]1CCC[C@@H]1C(CN1CCC1)(c1cccc(F)c1)C1CCN(CC2(F)CN(c3ccc(S(=O)(=O)c4ccc(C(=O)N(C)C)nc4)cc3F)C2)CC1. The maximum atomic E-state index is 16.3. The third-order valence-corrected chi connectivity index (χ3v) is 14.2. The molecule has 1 N–H and O–H groups in total. The first kappa shape index (κ1) is 40.0. The molecule has 1 saturated carbocycles. The molecular formula is C41H51F3N6O5S. The number of halogens is 3. The predicted molar refractivity (Wildman–Crippen MR) is 205 cm³/mol. The summed E-state index contributed by atoms with van der Waals surface area (Å²) in [5, 5.41) is 3.11. The molecule has 1 aromatic heterocycles. The summed E-state index contributed by atoms with van der Waals surface area (Å²) >= 11 is 0. The number of hydrogen-bond acceptors (Lipinski definition) is 9. The first-order valence-electron chi connectivity index (χ1n) is 19.4. The van der Waals surface area contributed by atoms with Crippen LogP contribution in [-0.4, -0.2) is 125 Å². The number of sulfone groups is 1. The van der Waals surface area contributed by atoms with Crippen LogP contribution in [0.5, 0.6) is 0 Å². The molecule has 4 heterocycles. The molecule has 56 heavy (non-hydrogen) atoms. The highest BCUT2D eigenvalue weighted by Gasteiger charge is 2.54. The Morgan fingerprint density at radius 3 is 2.29 bits per heavy atom. The van der Waals surface area contributed by atoms with Crippen molar-refractivity contribution in [2.24, 2.45) is 11.8 Å². The van der Waals surface area contributed by atoms with Gasteiger partial charge in [-0.25, -0.2) is 31.4 Å². The number of carbonyl (C=O) groups excluding carboxylic acids is 2. The Hall–Kier alpha value is -4.21. The minimum atomic E-state index is -4.13. The normalized spacial score (nSPS) is 22.8. The van der Waals surface area contributed by atoms with Gasteiger partial charge in [0.2, 0.25) is 9.84 Å². The van der Waals surface area contributed by atoms with E-state index in [-0.39, 0.29) is 70.4 Å². The van der Waals surface area contributed by atoms with Crippen LogP contribution >= 0.6 is 0 Å². The smallest absolute Gasteiger partial charge is 0.407 e. The molecule has 0 radical (unpaired) electrons. The van der Waals surface area contributed by atoms with Crippen molar-refractivity contribution < 1.29 is 35.9 Å². The third kappa shape index (κ3) is 7.86. The van der Waals surface area contributed by atoms with Gasteiger partial charge >= 0.3 is 6.09 Å². The van der Waals surface area contributed by atoms with Crippen LogP contribution in [0.2, 0.25) is 0 Å². The summed E-state index contributed by atoms with van der Waals surface area (Å²) in [6, 6.07) is 13.0. The number of carbonyl (C=O) groups is 2. The van der Waals surface area contributed by atoms with E-state index < -0.39 is 32.8 Å². The van der Waals surface area contributed by atoms with E-state index in [1.165, 1.54) is 42.3 Å². The van der Waals surface area contributed by atoms with Crippen LogP contribution in [0, 0.1) is 23.5 Å². The van der Waals surface area contributed by atoms with Crippen molar-refractivity contribution in [1.29, 1.82) is 0 Å². The Morgan fingerprint density at radius 2 is 1.68 bits per heavy atom. The fraction of sp³-hybridized carbons (Fsp3) is 0.537. The van der Waals surface area contributed by atoms with Crippen LogP contribution in [-0.2, 0) is 20.0 Å². The Balaban J connectivity index is 1.02. The summed E-state index contributed by atoms with van der Waals surface area (Å²) < 4.78 is 78.3. The second-order valence-electron chi connectivity index (χ2n) is 16.2. The van der Waals surface area contributed by atoms with Gasteiger partial charge in [0.25, 0.3) is 5.91 Å². The van der Waals surface area contributed by atoms with Crippen LogP contribution in [0.4, 0.5) is 23.7 Å². The van der Waals surface area contributed by atoms with Crippen LogP contribution in [0.1, 0.15) is 54.6 Å². The predicted octanol–water partition coefficient (Wildman–Crippen LogP) is 5.30. The number of nitrogens with zero attached hydrogens (tertiary/aromatic N) is 5. The largest absolute Gasteiger partial charge is 0.453 e. The van der Waals surface area contributed by atoms with E-state index in [4.69, 9.17) is 4.74 Å². The van der Waals surface area contributed by atoms with Crippen molar-refractivity contribution in [1.82, 2.24) is 25.0 Å². The number of nitrogens with one attached hydrogen (secondary N) is 1. The Kier molecular flexibility index (Phi) is 11.4. The highest BCUT2D eigenvalue weighted by Crippen LogP contribution is 2.52. The maximum Gasteiger partial charge on any atom is 0.407 e. The van der Waals surface area contributed by atoms with E-state index in [9.17, 15) is 22.4 Å². The van der Waals surface area contributed by atoms with Gasteiger partial charge in [0.15, 0.2) is 5.67 Å².